The number of rotatable bonds is 4. The second kappa shape index (κ2) is 5.30. The molecule has 1 aromatic heterocycles. The van der Waals surface area contributed by atoms with Gasteiger partial charge in [-0.25, -0.2) is 0 Å². The first-order chi connectivity index (χ1) is 9.08. The lowest BCUT2D eigenvalue weighted by Crippen LogP contribution is -2.36. The molecule has 1 amide bonds. The van der Waals surface area contributed by atoms with Crippen molar-refractivity contribution in [2.75, 3.05) is 11.4 Å². The summed E-state index contributed by atoms with van der Waals surface area (Å²) in [4.78, 5) is 27.9. The number of carbonyl (C=O) groups excluding carboxylic acids is 1. The van der Waals surface area contributed by atoms with Crippen molar-refractivity contribution in [2.45, 2.75) is 6.92 Å². The maximum absolute atomic E-state index is 12.2. The molecule has 0 aliphatic heterocycles. The minimum absolute atomic E-state index is 0.164. The van der Waals surface area contributed by atoms with E-state index in [1.54, 1.807) is 37.3 Å². The Bertz CT molecular complexity index is 594. The second-order valence-electron chi connectivity index (χ2n) is 3.76. The Morgan fingerprint density at radius 2 is 2.00 bits per heavy atom. The van der Waals surface area contributed by atoms with Crippen molar-refractivity contribution >= 4 is 17.6 Å². The number of nitrogens with zero attached hydrogens (tertiary/aromatic N) is 3. The number of benzene rings is 1. The average Bonchev–Trinajstić information content (AvgIpc) is 2.83. The summed E-state index contributed by atoms with van der Waals surface area (Å²) in [7, 11) is 0. The second-order valence-corrected chi connectivity index (χ2v) is 3.76. The predicted molar refractivity (Wildman–Crippen MR) is 64.8 cm³/mol. The highest BCUT2D eigenvalue weighted by atomic mass is 16.5. The molecule has 19 heavy (non-hydrogen) atoms. The topological polar surface area (TPSA) is 96.5 Å². The third-order valence-corrected chi connectivity index (χ3v) is 2.33. The van der Waals surface area contributed by atoms with E-state index in [0.29, 0.717) is 5.69 Å². The van der Waals surface area contributed by atoms with Crippen LogP contribution in [0.15, 0.2) is 34.9 Å². The third kappa shape index (κ3) is 2.95. The average molecular weight is 261 g/mol. The molecular formula is C12H11N3O4. The van der Waals surface area contributed by atoms with Crippen molar-refractivity contribution in [3.8, 4) is 0 Å². The van der Waals surface area contributed by atoms with Crippen molar-refractivity contribution in [1.82, 2.24) is 10.1 Å². The molecule has 0 fully saturated rings. The molecule has 7 heteroatoms. The first-order valence-corrected chi connectivity index (χ1v) is 5.47. The zero-order valence-electron chi connectivity index (χ0n) is 10.1. The molecule has 0 saturated carbocycles. The molecule has 0 saturated heterocycles. The van der Waals surface area contributed by atoms with Crippen LogP contribution in [0.3, 0.4) is 0 Å². The maximum atomic E-state index is 12.2. The highest BCUT2D eigenvalue weighted by molar-refractivity contribution is 6.05. The molecule has 1 N–H and O–H groups in total. The van der Waals surface area contributed by atoms with Crippen molar-refractivity contribution < 1.29 is 19.2 Å². The minimum Gasteiger partial charge on any atom is -0.480 e. The number of aryl methyl sites for hydroxylation is 1. The van der Waals surface area contributed by atoms with Gasteiger partial charge in [0.2, 0.25) is 5.89 Å². The molecule has 98 valence electrons. The number of aliphatic carboxylic acids is 1. The van der Waals surface area contributed by atoms with Crippen LogP contribution in [0.5, 0.6) is 0 Å². The number of amides is 1. The molecule has 7 nitrogen and oxygen atoms in total. The van der Waals surface area contributed by atoms with E-state index in [2.05, 4.69) is 10.1 Å². The molecule has 0 bridgehead atoms. The molecule has 1 heterocycles. The lowest BCUT2D eigenvalue weighted by molar-refractivity contribution is -0.135. The fraction of sp³-hybridized carbons (Fsp3) is 0.167. The van der Waals surface area contributed by atoms with Crippen LogP contribution in [0.4, 0.5) is 5.69 Å². The molecule has 0 spiro atoms. The SMILES string of the molecule is Cc1nc(C(=O)N(CC(=O)O)c2ccccc2)no1. The molecule has 0 radical (unpaired) electrons. The van der Waals surface area contributed by atoms with Crippen LogP contribution in [-0.4, -0.2) is 33.7 Å². The smallest absolute Gasteiger partial charge is 0.323 e. The first kappa shape index (κ1) is 12.7. The first-order valence-electron chi connectivity index (χ1n) is 5.47. The number of carboxylic acids is 1. The Kier molecular flexibility index (Phi) is 3.56. The zero-order chi connectivity index (χ0) is 13.8. The van der Waals surface area contributed by atoms with Crippen LogP contribution in [0.1, 0.15) is 16.5 Å². The van der Waals surface area contributed by atoms with E-state index in [1.165, 1.54) is 0 Å². The van der Waals surface area contributed by atoms with E-state index in [4.69, 9.17) is 9.63 Å². The van der Waals surface area contributed by atoms with Crippen LogP contribution in [0.25, 0.3) is 0 Å². The van der Waals surface area contributed by atoms with Gasteiger partial charge in [-0.1, -0.05) is 23.4 Å². The van der Waals surface area contributed by atoms with Gasteiger partial charge in [-0.05, 0) is 12.1 Å². The fourth-order valence-electron chi connectivity index (χ4n) is 1.53. The van der Waals surface area contributed by atoms with Crippen molar-refractivity contribution in [1.29, 1.82) is 0 Å². The Hall–Kier alpha value is -2.70. The van der Waals surface area contributed by atoms with Gasteiger partial charge in [-0.15, -0.1) is 0 Å². The van der Waals surface area contributed by atoms with Gasteiger partial charge in [0.1, 0.15) is 6.54 Å². The zero-order valence-corrected chi connectivity index (χ0v) is 10.1. The number of carboxylic acid groups (broad SMARTS) is 1. The minimum atomic E-state index is -1.13. The molecule has 2 rings (SSSR count). The third-order valence-electron chi connectivity index (χ3n) is 2.33. The summed E-state index contributed by atoms with van der Waals surface area (Å²) < 4.78 is 4.72. The number of hydrogen-bond acceptors (Lipinski definition) is 5. The van der Waals surface area contributed by atoms with Gasteiger partial charge in [0.05, 0.1) is 0 Å². The molecule has 0 aliphatic carbocycles. The standard InChI is InChI=1S/C12H11N3O4/c1-8-13-11(14-19-8)12(18)15(7-10(16)17)9-5-3-2-4-6-9/h2-6H,7H2,1H3,(H,16,17). The van der Waals surface area contributed by atoms with Gasteiger partial charge in [-0.3, -0.25) is 14.5 Å². The lowest BCUT2D eigenvalue weighted by Gasteiger charge is -2.18. The van der Waals surface area contributed by atoms with E-state index < -0.39 is 18.4 Å². The number of para-hydroxylation sites is 1. The number of anilines is 1. The van der Waals surface area contributed by atoms with E-state index in [0.717, 1.165) is 4.90 Å². The van der Waals surface area contributed by atoms with E-state index in [1.807, 2.05) is 0 Å². The lowest BCUT2D eigenvalue weighted by atomic mass is 10.2. The summed E-state index contributed by atoms with van der Waals surface area (Å²) in [6, 6.07) is 8.45. The van der Waals surface area contributed by atoms with Crippen molar-refractivity contribution in [2.24, 2.45) is 0 Å². The largest absolute Gasteiger partial charge is 0.480 e. The number of hydrogen-bond donors (Lipinski definition) is 1. The van der Waals surface area contributed by atoms with Crippen LogP contribution in [-0.2, 0) is 4.79 Å². The van der Waals surface area contributed by atoms with Gasteiger partial charge in [-0.2, -0.15) is 4.98 Å². The van der Waals surface area contributed by atoms with Crippen LogP contribution in [0.2, 0.25) is 0 Å². The monoisotopic (exact) mass is 261 g/mol. The van der Waals surface area contributed by atoms with Gasteiger partial charge < -0.3 is 9.63 Å². The predicted octanol–water partition coefficient (Wildman–Crippen LogP) is 1.11. The molecule has 0 aliphatic rings. The Labute approximate surface area is 108 Å². The van der Waals surface area contributed by atoms with E-state index in [-0.39, 0.29) is 11.7 Å². The summed E-state index contributed by atoms with van der Waals surface area (Å²) in [5, 5.41) is 12.4. The van der Waals surface area contributed by atoms with Crippen molar-refractivity contribution in [3.63, 3.8) is 0 Å². The Morgan fingerprint density at radius 3 is 2.53 bits per heavy atom. The summed E-state index contributed by atoms with van der Waals surface area (Å²) >= 11 is 0. The highest BCUT2D eigenvalue weighted by Crippen LogP contribution is 2.15. The molecule has 0 unspecified atom stereocenters. The van der Waals surface area contributed by atoms with E-state index in [9.17, 15) is 9.59 Å². The highest BCUT2D eigenvalue weighted by Gasteiger charge is 2.24. The summed E-state index contributed by atoms with van der Waals surface area (Å²) in [6.07, 6.45) is 0. The van der Waals surface area contributed by atoms with E-state index >= 15 is 0 Å². The Morgan fingerprint density at radius 1 is 1.32 bits per heavy atom. The van der Waals surface area contributed by atoms with Gasteiger partial charge in [0.25, 0.3) is 11.7 Å². The quantitative estimate of drug-likeness (QED) is 0.885. The molecule has 0 atom stereocenters. The Balaban J connectivity index is 2.33. The van der Waals surface area contributed by atoms with Gasteiger partial charge in [0, 0.05) is 12.6 Å². The normalized spacial score (nSPS) is 10.2. The molecule has 2 aromatic rings. The maximum Gasteiger partial charge on any atom is 0.323 e. The number of aromatic nitrogens is 2. The number of carbonyl (C=O) groups is 2. The molecular weight excluding hydrogens is 250 g/mol. The molecule has 1 aromatic carbocycles. The fourth-order valence-corrected chi connectivity index (χ4v) is 1.53. The summed E-state index contributed by atoms with van der Waals surface area (Å²) in [5.74, 6) is -1.67. The summed E-state index contributed by atoms with van der Waals surface area (Å²) in [6.45, 7) is 1.07. The van der Waals surface area contributed by atoms with Crippen LogP contribution >= 0.6 is 0 Å². The van der Waals surface area contributed by atoms with Gasteiger partial charge >= 0.3 is 5.97 Å². The van der Waals surface area contributed by atoms with Crippen LogP contribution in [0, 0.1) is 6.92 Å². The summed E-state index contributed by atoms with van der Waals surface area (Å²) in [5.41, 5.74) is 0.456. The van der Waals surface area contributed by atoms with Crippen LogP contribution < -0.4 is 4.90 Å². The van der Waals surface area contributed by atoms with Gasteiger partial charge in [0.15, 0.2) is 0 Å². The van der Waals surface area contributed by atoms with Crippen molar-refractivity contribution in [3.05, 3.63) is 42.0 Å².